The van der Waals surface area contributed by atoms with Crippen LogP contribution in [0.25, 0.3) is 10.2 Å². The Morgan fingerprint density at radius 1 is 1.11 bits per heavy atom. The molecule has 0 unspecified atom stereocenters. The van der Waals surface area contributed by atoms with Gasteiger partial charge in [-0.3, -0.25) is 4.79 Å². The predicted molar refractivity (Wildman–Crippen MR) is 134 cm³/mol. The number of rotatable bonds is 9. The minimum absolute atomic E-state index is 0.228. The van der Waals surface area contributed by atoms with Gasteiger partial charge in [-0.2, -0.15) is 0 Å². The molecule has 0 saturated carbocycles. The van der Waals surface area contributed by atoms with Gasteiger partial charge in [-0.1, -0.05) is 13.8 Å². The number of carbonyl (C=O) groups excluding carboxylic acids is 2. The van der Waals surface area contributed by atoms with Crippen LogP contribution in [-0.4, -0.2) is 86.9 Å². The van der Waals surface area contributed by atoms with E-state index in [1.54, 1.807) is 34.6 Å². The highest BCUT2D eigenvalue weighted by Crippen LogP contribution is 2.33. The average molecular weight is 560 g/mol. The van der Waals surface area contributed by atoms with Crippen molar-refractivity contribution < 1.29 is 48.6 Å². The lowest BCUT2D eigenvalue weighted by Crippen LogP contribution is -2.60. The van der Waals surface area contributed by atoms with Crippen LogP contribution in [0.15, 0.2) is 12.1 Å². The van der Waals surface area contributed by atoms with E-state index >= 15 is 0 Å². The highest BCUT2D eigenvalue weighted by molar-refractivity contribution is 7.18. The highest BCUT2D eigenvalue weighted by atomic mass is 32.1. The van der Waals surface area contributed by atoms with E-state index in [0.717, 1.165) is 11.3 Å². The van der Waals surface area contributed by atoms with Crippen LogP contribution in [0.5, 0.6) is 5.75 Å². The minimum atomic E-state index is -1.70. The van der Waals surface area contributed by atoms with Crippen LogP contribution < -0.4 is 15.4 Å². The molecule has 3 rings (SSSR count). The maximum absolute atomic E-state index is 14.8. The van der Waals surface area contributed by atoms with E-state index in [9.17, 15) is 34.4 Å². The highest BCUT2D eigenvalue weighted by Gasteiger charge is 2.45. The van der Waals surface area contributed by atoms with E-state index in [2.05, 4.69) is 15.6 Å². The second-order valence-electron chi connectivity index (χ2n) is 9.67. The number of amides is 2. The third-order valence-electron chi connectivity index (χ3n) is 5.84. The monoisotopic (exact) mass is 559 g/mol. The van der Waals surface area contributed by atoms with Crippen molar-refractivity contribution in [3.05, 3.63) is 23.0 Å². The van der Waals surface area contributed by atoms with Crippen molar-refractivity contribution >= 4 is 33.6 Å². The van der Waals surface area contributed by atoms with Crippen LogP contribution in [0.3, 0.4) is 0 Å². The second-order valence-corrected chi connectivity index (χ2v) is 10.7. The van der Waals surface area contributed by atoms with Crippen molar-refractivity contribution in [3.63, 3.8) is 0 Å². The van der Waals surface area contributed by atoms with E-state index in [1.807, 2.05) is 0 Å². The molecular formula is C24H34FN3O9S. The lowest BCUT2D eigenvalue weighted by atomic mass is 9.99. The number of fused-ring (bicyclic) bond motifs is 1. The first-order valence-corrected chi connectivity index (χ1v) is 13.0. The molecule has 0 radical (unpaired) electrons. The molecule has 1 aliphatic rings. The summed E-state index contributed by atoms with van der Waals surface area (Å²) in [5.41, 5.74) is 0.339. The van der Waals surface area contributed by atoms with Crippen molar-refractivity contribution in [2.75, 3.05) is 6.61 Å². The van der Waals surface area contributed by atoms with Crippen LogP contribution >= 0.6 is 11.3 Å². The molecule has 12 nitrogen and oxygen atoms in total. The Labute approximate surface area is 222 Å². The van der Waals surface area contributed by atoms with Crippen LogP contribution in [0.4, 0.5) is 9.18 Å². The summed E-state index contributed by atoms with van der Waals surface area (Å²) >= 11 is 1.14. The predicted octanol–water partition coefficient (Wildman–Crippen LogP) is 0.951. The van der Waals surface area contributed by atoms with Crippen molar-refractivity contribution in [3.8, 4) is 5.75 Å². The zero-order chi connectivity index (χ0) is 28.3. The molecule has 2 heterocycles. The molecule has 0 aliphatic carbocycles. The van der Waals surface area contributed by atoms with E-state index in [4.69, 9.17) is 14.2 Å². The molecule has 1 fully saturated rings. The van der Waals surface area contributed by atoms with Crippen molar-refractivity contribution in [2.24, 2.45) is 5.92 Å². The second kappa shape index (κ2) is 12.5. The molecule has 14 heteroatoms. The van der Waals surface area contributed by atoms with Gasteiger partial charge in [0.15, 0.2) is 11.6 Å². The molecule has 2 amide bonds. The smallest absolute Gasteiger partial charge is 0.408 e. The molecule has 6 N–H and O–H groups in total. The molecule has 0 bridgehead atoms. The van der Waals surface area contributed by atoms with Gasteiger partial charge in [-0.05, 0) is 32.8 Å². The van der Waals surface area contributed by atoms with Gasteiger partial charge >= 0.3 is 6.09 Å². The topological polar surface area (TPSA) is 180 Å². The van der Waals surface area contributed by atoms with Crippen molar-refractivity contribution in [1.29, 1.82) is 0 Å². The maximum atomic E-state index is 14.8. The van der Waals surface area contributed by atoms with Crippen molar-refractivity contribution in [1.82, 2.24) is 15.6 Å². The Hall–Kier alpha value is -2.62. The molecule has 212 valence electrons. The number of aliphatic hydroxyl groups is 4. The van der Waals surface area contributed by atoms with Gasteiger partial charge in [0.05, 0.1) is 29.0 Å². The Balaban J connectivity index is 1.74. The number of hydrogen-bond acceptors (Lipinski definition) is 11. The third-order valence-corrected chi connectivity index (χ3v) is 7.05. The summed E-state index contributed by atoms with van der Waals surface area (Å²) in [5, 5.41) is 45.2. The Morgan fingerprint density at radius 2 is 1.79 bits per heavy atom. The number of aliphatic hydroxyl groups excluding tert-OH is 4. The zero-order valence-corrected chi connectivity index (χ0v) is 22.4. The molecule has 2 aromatic rings. The fraction of sp³-hybridized carbons (Fsp3) is 0.625. The minimum Gasteiger partial charge on any atom is -0.459 e. The molecular weight excluding hydrogens is 525 g/mol. The van der Waals surface area contributed by atoms with E-state index in [-0.39, 0.29) is 17.8 Å². The summed E-state index contributed by atoms with van der Waals surface area (Å²) in [7, 11) is 0. The first kappa shape index (κ1) is 29.9. The number of aromatic nitrogens is 1. The number of hydrogen-bond donors (Lipinski definition) is 6. The van der Waals surface area contributed by atoms with E-state index in [0.29, 0.717) is 15.2 Å². The lowest BCUT2D eigenvalue weighted by Gasteiger charge is -2.39. The van der Waals surface area contributed by atoms with Gasteiger partial charge in [-0.15, -0.1) is 11.3 Å². The Kier molecular flexibility index (Phi) is 9.84. The van der Waals surface area contributed by atoms with Gasteiger partial charge in [0.2, 0.25) is 12.2 Å². The van der Waals surface area contributed by atoms with Gasteiger partial charge in [0.25, 0.3) is 0 Å². The van der Waals surface area contributed by atoms with Gasteiger partial charge < -0.3 is 45.3 Å². The van der Waals surface area contributed by atoms with Gasteiger partial charge in [0.1, 0.15) is 35.5 Å². The number of ether oxygens (including phenoxy) is 3. The van der Waals surface area contributed by atoms with Gasteiger partial charge in [-0.25, -0.2) is 14.2 Å². The summed E-state index contributed by atoms with van der Waals surface area (Å²) < 4.78 is 31.0. The largest absolute Gasteiger partial charge is 0.459 e. The quantitative estimate of drug-likeness (QED) is 0.259. The number of benzene rings is 1. The van der Waals surface area contributed by atoms with E-state index < -0.39 is 67.2 Å². The molecule has 7 atom stereocenters. The standard InChI is InChI=1S/C24H34FN3O9S/c1-9(2)17(28-24(34)35-10(3)4)21(33)26-11(5)22-27-13-7-14(12(25)6-16(13)38-22)36-23-20(32)19(31)18(30)15(8-29)37-23/h6-7,9-11,15,17-20,23,29-32H,8H2,1-5H3,(H,26,33)(H,28,34)/t11-,15-,17+,18-,19+,20-,23-/m1/s1. The summed E-state index contributed by atoms with van der Waals surface area (Å²) in [6.45, 7) is 7.99. The normalized spacial score (nSPS) is 25.3. The van der Waals surface area contributed by atoms with Crippen LogP contribution in [0, 0.1) is 11.7 Å². The number of carbonyl (C=O) groups is 2. The average Bonchev–Trinajstić information content (AvgIpc) is 3.25. The van der Waals surface area contributed by atoms with Crippen molar-refractivity contribution in [2.45, 2.75) is 83.5 Å². The molecule has 1 aliphatic heterocycles. The molecule has 1 aromatic heterocycles. The number of nitrogens with one attached hydrogen (secondary N) is 2. The third kappa shape index (κ3) is 6.87. The van der Waals surface area contributed by atoms with Crippen LogP contribution in [0.2, 0.25) is 0 Å². The van der Waals surface area contributed by atoms with Crippen LogP contribution in [0.1, 0.15) is 45.7 Å². The summed E-state index contributed by atoms with van der Waals surface area (Å²) in [4.78, 5) is 29.4. The van der Waals surface area contributed by atoms with Gasteiger partial charge in [0, 0.05) is 6.07 Å². The fourth-order valence-corrected chi connectivity index (χ4v) is 4.76. The molecule has 1 aromatic carbocycles. The lowest BCUT2D eigenvalue weighted by molar-refractivity contribution is -0.277. The zero-order valence-electron chi connectivity index (χ0n) is 21.6. The first-order chi connectivity index (χ1) is 17.8. The number of halogens is 1. The number of thiazole rings is 1. The number of nitrogens with zero attached hydrogens (tertiary/aromatic N) is 1. The Bertz CT molecular complexity index is 1130. The molecule has 0 spiro atoms. The van der Waals surface area contributed by atoms with Crippen LogP contribution in [-0.2, 0) is 14.3 Å². The van der Waals surface area contributed by atoms with E-state index in [1.165, 1.54) is 12.1 Å². The maximum Gasteiger partial charge on any atom is 0.408 e. The summed E-state index contributed by atoms with van der Waals surface area (Å²) in [6, 6.07) is 1.02. The Morgan fingerprint density at radius 3 is 2.39 bits per heavy atom. The number of alkyl carbamates (subject to hydrolysis) is 1. The SMILES string of the molecule is CC(C)OC(=O)N[C@H](C(=O)N[C@H](C)c1nc2cc(O[C@@H]3O[C@H](CO)[C@@H](O)[C@H](O)[C@H]3O)c(F)cc2s1)C(C)C. The first-order valence-electron chi connectivity index (χ1n) is 12.2. The molecule has 1 saturated heterocycles. The fourth-order valence-electron chi connectivity index (χ4n) is 3.79. The summed E-state index contributed by atoms with van der Waals surface area (Å²) in [6.07, 6.45) is -8.78. The molecule has 38 heavy (non-hydrogen) atoms. The summed E-state index contributed by atoms with van der Waals surface area (Å²) in [5.74, 6) is -1.80.